The normalized spacial score (nSPS) is 15.0. The van der Waals surface area contributed by atoms with Crippen LogP contribution in [0.1, 0.15) is 6.42 Å². The Hall–Kier alpha value is -2.30. The maximum Gasteiger partial charge on any atom is 0.436 e. The molecule has 1 aromatic carbocycles. The number of carbonyl (C=O) groups excluding carboxylic acids is 2. The fraction of sp³-hybridized carbons (Fsp3) is 0.167. The number of methoxy groups -OCH3 is 1. The molecule has 0 radical (unpaired) electrons. The molecule has 0 bridgehead atoms. The van der Waals surface area contributed by atoms with Crippen molar-refractivity contribution in [3.63, 3.8) is 0 Å². The van der Waals surface area contributed by atoms with Crippen LogP contribution in [0.25, 0.3) is 0 Å². The molecular formula is C12H12N2O3. The molecule has 5 nitrogen and oxygen atoms in total. The summed E-state index contributed by atoms with van der Waals surface area (Å²) in [5.41, 5.74) is 0.724. The zero-order valence-electron chi connectivity index (χ0n) is 9.37. The Bertz CT molecular complexity index is 456. The van der Waals surface area contributed by atoms with Crippen molar-refractivity contribution in [2.24, 2.45) is 0 Å². The molecule has 88 valence electrons. The van der Waals surface area contributed by atoms with Gasteiger partial charge in [0, 0.05) is 12.6 Å². The van der Waals surface area contributed by atoms with Crippen molar-refractivity contribution in [3.05, 3.63) is 42.6 Å². The second-order valence-corrected chi connectivity index (χ2v) is 3.44. The third kappa shape index (κ3) is 2.13. The van der Waals surface area contributed by atoms with E-state index in [1.54, 1.807) is 24.4 Å². The summed E-state index contributed by atoms with van der Waals surface area (Å²) in [5, 5.41) is 2.45. The van der Waals surface area contributed by atoms with E-state index >= 15 is 0 Å². The molecule has 0 spiro atoms. The first-order chi connectivity index (χ1) is 8.24. The summed E-state index contributed by atoms with van der Waals surface area (Å²) in [6.45, 7) is 0. The molecule has 0 N–H and O–H groups in total. The van der Waals surface area contributed by atoms with Crippen molar-refractivity contribution in [1.29, 1.82) is 0 Å². The molecule has 0 saturated carbocycles. The highest BCUT2D eigenvalue weighted by Crippen LogP contribution is 2.21. The molecule has 0 aromatic heterocycles. The van der Waals surface area contributed by atoms with Crippen LogP contribution < -0.4 is 5.01 Å². The minimum absolute atomic E-state index is 0.193. The first-order valence-electron chi connectivity index (χ1n) is 5.16. The number of amides is 2. The molecular weight excluding hydrogens is 220 g/mol. The molecule has 1 aromatic rings. The van der Waals surface area contributed by atoms with Crippen LogP contribution >= 0.6 is 0 Å². The van der Waals surface area contributed by atoms with Gasteiger partial charge in [-0.25, -0.2) is 9.80 Å². The van der Waals surface area contributed by atoms with Crippen molar-refractivity contribution in [1.82, 2.24) is 5.01 Å². The standard InChI is InChI=1S/C12H12N2O3/c1-17-12(16)14-11(15)8-5-9-13(14)10-6-3-2-4-7-10/h2-7,9H,8H2,1H3. The Morgan fingerprint density at radius 1 is 1.29 bits per heavy atom. The van der Waals surface area contributed by atoms with Crippen molar-refractivity contribution in [2.75, 3.05) is 12.1 Å². The van der Waals surface area contributed by atoms with Gasteiger partial charge in [0.05, 0.1) is 12.8 Å². The fourth-order valence-electron chi connectivity index (χ4n) is 1.59. The third-order valence-electron chi connectivity index (χ3n) is 2.36. The summed E-state index contributed by atoms with van der Waals surface area (Å²) in [7, 11) is 1.25. The lowest BCUT2D eigenvalue weighted by Crippen LogP contribution is -2.49. The number of hydrogen-bond acceptors (Lipinski definition) is 4. The van der Waals surface area contributed by atoms with Gasteiger partial charge in [0.15, 0.2) is 0 Å². The van der Waals surface area contributed by atoms with Gasteiger partial charge in [-0.2, -0.15) is 0 Å². The second kappa shape index (κ2) is 4.69. The maximum atomic E-state index is 11.7. The number of carbonyl (C=O) groups is 2. The van der Waals surface area contributed by atoms with Crippen LogP contribution in [0.2, 0.25) is 0 Å². The number of hydrazine groups is 1. The van der Waals surface area contributed by atoms with E-state index < -0.39 is 6.09 Å². The number of anilines is 1. The predicted molar refractivity (Wildman–Crippen MR) is 61.9 cm³/mol. The lowest BCUT2D eigenvalue weighted by molar-refractivity contribution is -0.129. The van der Waals surface area contributed by atoms with E-state index in [1.807, 2.05) is 18.2 Å². The second-order valence-electron chi connectivity index (χ2n) is 3.44. The molecule has 1 aliphatic rings. The molecule has 2 amide bonds. The highest BCUT2D eigenvalue weighted by Gasteiger charge is 2.29. The van der Waals surface area contributed by atoms with Crippen LogP contribution in [-0.2, 0) is 9.53 Å². The lowest BCUT2D eigenvalue weighted by Gasteiger charge is -2.33. The van der Waals surface area contributed by atoms with E-state index in [4.69, 9.17) is 0 Å². The van der Waals surface area contributed by atoms with E-state index in [0.717, 1.165) is 10.7 Å². The average Bonchev–Trinajstić information content (AvgIpc) is 2.38. The van der Waals surface area contributed by atoms with Crippen LogP contribution in [0.4, 0.5) is 10.5 Å². The Kier molecular flexibility index (Phi) is 3.09. The summed E-state index contributed by atoms with van der Waals surface area (Å²) in [4.78, 5) is 23.3. The summed E-state index contributed by atoms with van der Waals surface area (Å²) < 4.78 is 4.60. The molecule has 17 heavy (non-hydrogen) atoms. The molecule has 0 saturated heterocycles. The van der Waals surface area contributed by atoms with Crippen molar-refractivity contribution >= 4 is 17.7 Å². The van der Waals surface area contributed by atoms with E-state index in [-0.39, 0.29) is 12.3 Å². The van der Waals surface area contributed by atoms with Gasteiger partial charge in [0.25, 0.3) is 5.91 Å². The van der Waals surface area contributed by atoms with E-state index in [2.05, 4.69) is 4.74 Å². The van der Waals surface area contributed by atoms with Crippen LogP contribution in [-0.4, -0.2) is 24.1 Å². The quantitative estimate of drug-likeness (QED) is 0.742. The van der Waals surface area contributed by atoms with Gasteiger partial charge in [-0.3, -0.25) is 4.79 Å². The van der Waals surface area contributed by atoms with Gasteiger partial charge >= 0.3 is 6.09 Å². The molecule has 1 heterocycles. The lowest BCUT2D eigenvalue weighted by atomic mass is 10.3. The van der Waals surface area contributed by atoms with Crippen LogP contribution in [0, 0.1) is 0 Å². The topological polar surface area (TPSA) is 49.9 Å². The van der Waals surface area contributed by atoms with Gasteiger partial charge in [0.2, 0.25) is 0 Å². The number of hydrogen-bond donors (Lipinski definition) is 0. The highest BCUT2D eigenvalue weighted by atomic mass is 16.5. The zero-order chi connectivity index (χ0) is 12.3. The fourth-order valence-corrected chi connectivity index (χ4v) is 1.59. The third-order valence-corrected chi connectivity index (χ3v) is 2.36. The Balaban J connectivity index is 2.36. The highest BCUT2D eigenvalue weighted by molar-refractivity contribution is 5.95. The predicted octanol–water partition coefficient (Wildman–Crippen LogP) is 1.92. The summed E-state index contributed by atoms with van der Waals surface area (Å²) >= 11 is 0. The van der Waals surface area contributed by atoms with E-state index in [9.17, 15) is 9.59 Å². The first kappa shape index (κ1) is 11.2. The molecule has 0 aliphatic carbocycles. The molecule has 0 fully saturated rings. The van der Waals surface area contributed by atoms with Crippen LogP contribution in [0.5, 0.6) is 0 Å². The molecule has 1 aliphatic heterocycles. The minimum atomic E-state index is -0.691. The molecule has 0 atom stereocenters. The first-order valence-corrected chi connectivity index (χ1v) is 5.16. The van der Waals surface area contributed by atoms with Crippen molar-refractivity contribution in [3.8, 4) is 0 Å². The van der Waals surface area contributed by atoms with Crippen molar-refractivity contribution < 1.29 is 14.3 Å². The van der Waals surface area contributed by atoms with Gasteiger partial charge in [0.1, 0.15) is 0 Å². The molecule has 5 heteroatoms. The van der Waals surface area contributed by atoms with E-state index in [1.165, 1.54) is 12.1 Å². The van der Waals surface area contributed by atoms with E-state index in [0.29, 0.717) is 0 Å². The molecule has 0 unspecified atom stereocenters. The monoisotopic (exact) mass is 232 g/mol. The Morgan fingerprint density at radius 2 is 2.00 bits per heavy atom. The molecule has 2 rings (SSSR count). The Labute approximate surface area is 98.9 Å². The maximum absolute atomic E-state index is 11.7. The summed E-state index contributed by atoms with van der Waals surface area (Å²) in [6, 6.07) is 9.13. The summed E-state index contributed by atoms with van der Waals surface area (Å²) in [6.07, 6.45) is 2.88. The zero-order valence-corrected chi connectivity index (χ0v) is 9.37. The number of rotatable bonds is 1. The number of imide groups is 1. The van der Waals surface area contributed by atoms with Gasteiger partial charge < -0.3 is 4.74 Å². The number of ether oxygens (including phenoxy) is 1. The van der Waals surface area contributed by atoms with Gasteiger partial charge in [-0.1, -0.05) is 24.3 Å². The van der Waals surface area contributed by atoms with Crippen LogP contribution in [0.15, 0.2) is 42.6 Å². The smallest absolute Gasteiger partial charge is 0.436 e. The minimum Gasteiger partial charge on any atom is -0.451 e. The Morgan fingerprint density at radius 3 is 2.65 bits per heavy atom. The summed E-state index contributed by atoms with van der Waals surface area (Å²) in [5.74, 6) is -0.316. The van der Waals surface area contributed by atoms with Crippen LogP contribution in [0.3, 0.4) is 0 Å². The van der Waals surface area contributed by atoms with Crippen molar-refractivity contribution in [2.45, 2.75) is 6.42 Å². The average molecular weight is 232 g/mol. The largest absolute Gasteiger partial charge is 0.451 e. The van der Waals surface area contributed by atoms with Gasteiger partial charge in [-0.15, -0.1) is 5.01 Å². The number of nitrogens with zero attached hydrogens (tertiary/aromatic N) is 2. The number of benzene rings is 1. The number of para-hydroxylation sites is 1. The van der Waals surface area contributed by atoms with Gasteiger partial charge in [-0.05, 0) is 12.1 Å². The SMILES string of the molecule is COC(=O)N1C(=O)CC=CN1c1ccccc1.